The summed E-state index contributed by atoms with van der Waals surface area (Å²) in [5.41, 5.74) is 1.14. The molecule has 1 aliphatic heterocycles. The number of ether oxygens (including phenoxy) is 2. The summed E-state index contributed by atoms with van der Waals surface area (Å²) in [6.45, 7) is 1.63. The predicted molar refractivity (Wildman–Crippen MR) is 110 cm³/mol. The monoisotopic (exact) mass is 432 g/mol. The Morgan fingerprint density at radius 3 is 2.63 bits per heavy atom. The minimum atomic E-state index is -0.563. The van der Waals surface area contributed by atoms with E-state index < -0.39 is 10.7 Å². The Morgan fingerprint density at radius 1 is 1.30 bits per heavy atom. The summed E-state index contributed by atoms with van der Waals surface area (Å²) in [5, 5.41) is 23.3. The molecule has 0 radical (unpaired) electrons. The molecule has 0 amide bonds. The van der Waals surface area contributed by atoms with Gasteiger partial charge in [-0.05, 0) is 40.2 Å². The lowest BCUT2D eigenvalue weighted by atomic mass is 10.2. The molecule has 2 heterocycles. The van der Waals surface area contributed by atoms with Crippen LogP contribution < -0.4 is 14.8 Å². The Bertz CT molecular complexity index is 942. The van der Waals surface area contributed by atoms with Crippen molar-refractivity contribution in [1.82, 2.24) is 15.2 Å². The van der Waals surface area contributed by atoms with E-state index in [4.69, 9.17) is 21.1 Å². The van der Waals surface area contributed by atoms with E-state index in [0.717, 1.165) is 12.0 Å². The molecule has 0 atom stereocenters. The minimum absolute atomic E-state index is 0.270. The number of halogens is 1. The number of hydrogen-bond acceptors (Lipinski definition) is 9. The van der Waals surface area contributed by atoms with Crippen molar-refractivity contribution < 1.29 is 14.4 Å². The Hall–Kier alpha value is -3.40. The largest absolute Gasteiger partial charge is 0.494 e. The van der Waals surface area contributed by atoms with Gasteiger partial charge in [-0.2, -0.15) is 0 Å². The van der Waals surface area contributed by atoms with Crippen LogP contribution in [0.2, 0.25) is 5.15 Å². The van der Waals surface area contributed by atoms with Gasteiger partial charge in [-0.15, -0.1) is 0 Å². The fourth-order valence-electron chi connectivity index (χ4n) is 3.00. The number of rotatable bonds is 7. The zero-order valence-corrected chi connectivity index (χ0v) is 17.3. The van der Waals surface area contributed by atoms with Gasteiger partial charge in [0.05, 0.1) is 19.3 Å². The van der Waals surface area contributed by atoms with Crippen LogP contribution in [0.3, 0.4) is 0 Å². The molecular formula is C19H21ClN6O4. The van der Waals surface area contributed by atoms with Crippen molar-refractivity contribution >= 4 is 17.3 Å². The normalized spacial score (nSPS) is 15.6. The van der Waals surface area contributed by atoms with Crippen LogP contribution >= 0.6 is 11.6 Å². The molecular weight excluding hydrogens is 412 g/mol. The second-order valence-electron chi connectivity index (χ2n) is 6.33. The highest BCUT2D eigenvalue weighted by atomic mass is 35.5. The number of nitro groups is 1. The van der Waals surface area contributed by atoms with Crippen LogP contribution in [0.1, 0.15) is 12.0 Å². The Morgan fingerprint density at radius 2 is 2.03 bits per heavy atom. The molecule has 158 valence electrons. The first kappa shape index (κ1) is 21.3. The van der Waals surface area contributed by atoms with Crippen LogP contribution in [-0.2, 0) is 6.54 Å². The van der Waals surface area contributed by atoms with Crippen LogP contribution in [-0.4, -0.2) is 42.1 Å². The maximum Gasteiger partial charge on any atom is 0.430 e. The standard InChI is InChI=1S/C19H21ClN6O4/c1-29-14-5-3-6-15(30-2)17(14)23-24-19(26(27)28)18-21-9-4-10-25(18)12-13-7-8-16(20)22-11-13/h3,5-8,11,21H,4,9-10,12H2,1-2H3/b19-18+,24-23+. The summed E-state index contributed by atoms with van der Waals surface area (Å²) < 4.78 is 10.5. The minimum Gasteiger partial charge on any atom is -0.494 e. The Kier molecular flexibility index (Phi) is 7.02. The molecule has 11 heteroatoms. The van der Waals surface area contributed by atoms with E-state index in [1.165, 1.54) is 14.2 Å². The Labute approximate surface area is 178 Å². The third-order valence-electron chi connectivity index (χ3n) is 4.41. The van der Waals surface area contributed by atoms with Gasteiger partial charge in [0.15, 0.2) is 17.2 Å². The van der Waals surface area contributed by atoms with Gasteiger partial charge in [0, 0.05) is 25.8 Å². The molecule has 10 nitrogen and oxygen atoms in total. The fraction of sp³-hybridized carbons (Fsp3) is 0.316. The average Bonchev–Trinajstić information content (AvgIpc) is 2.76. The second-order valence-corrected chi connectivity index (χ2v) is 6.72. The first-order valence-electron chi connectivity index (χ1n) is 9.14. The maximum absolute atomic E-state index is 11.8. The third-order valence-corrected chi connectivity index (χ3v) is 4.63. The third kappa shape index (κ3) is 4.95. The molecule has 1 aliphatic rings. The van der Waals surface area contributed by atoms with Crippen molar-refractivity contribution in [3.8, 4) is 11.5 Å². The predicted octanol–water partition coefficient (Wildman–Crippen LogP) is 3.73. The molecule has 3 rings (SSSR count). The molecule has 1 aromatic carbocycles. The highest BCUT2D eigenvalue weighted by Crippen LogP contribution is 2.37. The Balaban J connectivity index is 1.97. The summed E-state index contributed by atoms with van der Waals surface area (Å²) in [7, 11) is 2.95. The summed E-state index contributed by atoms with van der Waals surface area (Å²) >= 11 is 5.84. The number of pyridine rings is 1. The van der Waals surface area contributed by atoms with Gasteiger partial charge in [-0.3, -0.25) is 0 Å². The van der Waals surface area contributed by atoms with E-state index in [0.29, 0.717) is 42.1 Å². The molecule has 0 spiro atoms. The number of hydrogen-bond donors (Lipinski definition) is 1. The molecule has 1 aromatic heterocycles. The van der Waals surface area contributed by atoms with Crippen molar-refractivity contribution in [1.29, 1.82) is 0 Å². The first-order chi connectivity index (χ1) is 14.5. The van der Waals surface area contributed by atoms with Gasteiger partial charge in [-0.1, -0.05) is 23.7 Å². The van der Waals surface area contributed by atoms with Crippen LogP contribution in [0.4, 0.5) is 5.69 Å². The van der Waals surface area contributed by atoms with Gasteiger partial charge in [-0.25, -0.2) is 4.98 Å². The topological polar surface area (TPSA) is 114 Å². The number of azo groups is 1. The SMILES string of the molecule is COc1cccc(OC)c1/N=N/C(=C1/NCCCN1Cc1ccc(Cl)nc1)[N+](=O)[O-]. The van der Waals surface area contributed by atoms with Gasteiger partial charge in [0.2, 0.25) is 5.82 Å². The van der Waals surface area contributed by atoms with Crippen molar-refractivity contribution in [2.45, 2.75) is 13.0 Å². The van der Waals surface area contributed by atoms with E-state index in [9.17, 15) is 10.1 Å². The van der Waals surface area contributed by atoms with Gasteiger partial charge in [0.1, 0.15) is 5.15 Å². The highest BCUT2D eigenvalue weighted by Gasteiger charge is 2.27. The van der Waals surface area contributed by atoms with E-state index in [-0.39, 0.29) is 5.69 Å². The highest BCUT2D eigenvalue weighted by molar-refractivity contribution is 6.29. The van der Waals surface area contributed by atoms with E-state index in [2.05, 4.69) is 20.5 Å². The van der Waals surface area contributed by atoms with E-state index in [1.807, 2.05) is 11.0 Å². The van der Waals surface area contributed by atoms with E-state index >= 15 is 0 Å². The summed E-state index contributed by atoms with van der Waals surface area (Å²) in [6, 6.07) is 8.59. The zero-order chi connectivity index (χ0) is 21.5. The summed E-state index contributed by atoms with van der Waals surface area (Å²) in [6.07, 6.45) is 2.47. The first-order valence-corrected chi connectivity index (χ1v) is 9.52. The summed E-state index contributed by atoms with van der Waals surface area (Å²) in [4.78, 5) is 17.1. The molecule has 1 fully saturated rings. The van der Waals surface area contributed by atoms with Gasteiger partial charge >= 0.3 is 5.82 Å². The molecule has 0 bridgehead atoms. The molecule has 2 aromatic rings. The number of nitrogens with zero attached hydrogens (tertiary/aromatic N) is 5. The fourth-order valence-corrected chi connectivity index (χ4v) is 3.11. The number of methoxy groups -OCH3 is 2. The lowest BCUT2D eigenvalue weighted by Crippen LogP contribution is -2.40. The number of benzene rings is 1. The molecule has 1 saturated heterocycles. The van der Waals surface area contributed by atoms with Crippen molar-refractivity contribution in [2.75, 3.05) is 27.3 Å². The molecule has 30 heavy (non-hydrogen) atoms. The van der Waals surface area contributed by atoms with Crippen LogP contribution in [0.5, 0.6) is 11.5 Å². The lowest BCUT2D eigenvalue weighted by Gasteiger charge is -2.31. The number of nitrogens with one attached hydrogen (secondary N) is 1. The zero-order valence-electron chi connectivity index (χ0n) is 16.5. The van der Waals surface area contributed by atoms with Crippen molar-refractivity contribution in [3.05, 3.63) is 69.0 Å². The van der Waals surface area contributed by atoms with Gasteiger partial charge in [0.25, 0.3) is 0 Å². The van der Waals surface area contributed by atoms with Crippen molar-refractivity contribution in [3.63, 3.8) is 0 Å². The number of aromatic nitrogens is 1. The second kappa shape index (κ2) is 9.88. The average molecular weight is 433 g/mol. The molecule has 1 N–H and O–H groups in total. The maximum atomic E-state index is 11.8. The molecule has 0 aliphatic carbocycles. The van der Waals surface area contributed by atoms with Crippen LogP contribution in [0, 0.1) is 10.1 Å². The van der Waals surface area contributed by atoms with Crippen LogP contribution in [0.15, 0.2) is 58.4 Å². The lowest BCUT2D eigenvalue weighted by molar-refractivity contribution is -0.429. The van der Waals surface area contributed by atoms with E-state index in [1.54, 1.807) is 30.5 Å². The van der Waals surface area contributed by atoms with Gasteiger partial charge < -0.3 is 29.8 Å². The quantitative estimate of drug-likeness (QED) is 0.306. The molecule has 0 saturated carbocycles. The smallest absolute Gasteiger partial charge is 0.430 e. The molecule has 0 unspecified atom stereocenters. The van der Waals surface area contributed by atoms with Crippen molar-refractivity contribution in [2.24, 2.45) is 10.2 Å². The van der Waals surface area contributed by atoms with Crippen LogP contribution in [0.25, 0.3) is 0 Å². The summed E-state index contributed by atoms with van der Waals surface area (Å²) in [5.74, 6) is 0.682.